The zero-order valence-electron chi connectivity index (χ0n) is 10.8. The second-order valence-corrected chi connectivity index (χ2v) is 4.86. The van der Waals surface area contributed by atoms with E-state index in [9.17, 15) is 9.90 Å². The van der Waals surface area contributed by atoms with Crippen LogP contribution in [0.15, 0.2) is 17.2 Å². The molecule has 1 aliphatic carbocycles. The molecule has 2 atom stereocenters. The van der Waals surface area contributed by atoms with Gasteiger partial charge in [0.15, 0.2) is 5.82 Å². The van der Waals surface area contributed by atoms with Crippen LogP contribution in [0.4, 0.5) is 5.82 Å². The average Bonchev–Trinajstić information content (AvgIpc) is 2.39. The van der Waals surface area contributed by atoms with E-state index in [0.29, 0.717) is 18.9 Å². The van der Waals surface area contributed by atoms with Gasteiger partial charge in [0.1, 0.15) is 0 Å². The molecule has 18 heavy (non-hydrogen) atoms. The summed E-state index contributed by atoms with van der Waals surface area (Å²) in [7, 11) is 0. The molecule has 0 saturated heterocycles. The first-order valence-corrected chi connectivity index (χ1v) is 6.69. The molecule has 1 saturated carbocycles. The van der Waals surface area contributed by atoms with Gasteiger partial charge in [0.25, 0.3) is 5.56 Å². The van der Waals surface area contributed by atoms with Crippen LogP contribution in [-0.2, 0) is 6.54 Å². The summed E-state index contributed by atoms with van der Waals surface area (Å²) in [5.74, 6) is 0.618. The Hall–Kier alpha value is -1.36. The minimum Gasteiger partial charge on any atom is -0.393 e. The van der Waals surface area contributed by atoms with E-state index in [4.69, 9.17) is 0 Å². The largest absolute Gasteiger partial charge is 0.393 e. The van der Waals surface area contributed by atoms with Gasteiger partial charge in [-0.05, 0) is 19.8 Å². The van der Waals surface area contributed by atoms with E-state index in [-0.39, 0.29) is 17.6 Å². The molecule has 0 aliphatic heterocycles. The van der Waals surface area contributed by atoms with Crippen molar-refractivity contribution in [3.8, 4) is 0 Å². The second-order valence-electron chi connectivity index (χ2n) is 4.86. The third kappa shape index (κ3) is 2.90. The van der Waals surface area contributed by atoms with Crippen molar-refractivity contribution in [3.05, 3.63) is 22.7 Å². The van der Waals surface area contributed by atoms with Crippen molar-refractivity contribution in [2.75, 3.05) is 11.9 Å². The minimum atomic E-state index is -0.247. The molecule has 0 bridgehead atoms. The number of rotatable bonds is 4. The Bertz CT molecular complexity index is 444. The van der Waals surface area contributed by atoms with Crippen LogP contribution in [0.2, 0.25) is 0 Å². The third-order valence-corrected chi connectivity index (χ3v) is 3.66. The van der Waals surface area contributed by atoms with Crippen molar-refractivity contribution >= 4 is 5.82 Å². The summed E-state index contributed by atoms with van der Waals surface area (Å²) in [5.41, 5.74) is -0.0923. The fourth-order valence-corrected chi connectivity index (χ4v) is 2.47. The predicted molar refractivity (Wildman–Crippen MR) is 70.6 cm³/mol. The lowest BCUT2D eigenvalue weighted by atomic mass is 9.86. The summed E-state index contributed by atoms with van der Waals surface area (Å²) in [6.45, 7) is 3.19. The second kappa shape index (κ2) is 6.00. The number of hydrogen-bond donors (Lipinski definition) is 2. The highest BCUT2D eigenvalue weighted by atomic mass is 16.3. The van der Waals surface area contributed by atoms with Crippen LogP contribution < -0.4 is 10.9 Å². The SMILES string of the molecule is CCn1ccnc(NCC2CCCCC2O)c1=O. The number of nitrogens with zero attached hydrogens (tertiary/aromatic N) is 2. The van der Waals surface area contributed by atoms with Crippen molar-refractivity contribution in [2.45, 2.75) is 45.3 Å². The highest BCUT2D eigenvalue weighted by Crippen LogP contribution is 2.24. The van der Waals surface area contributed by atoms with Gasteiger partial charge >= 0.3 is 0 Å². The van der Waals surface area contributed by atoms with E-state index in [1.165, 1.54) is 0 Å². The molecule has 1 fully saturated rings. The van der Waals surface area contributed by atoms with Crippen LogP contribution in [0.5, 0.6) is 0 Å². The molecule has 0 aromatic carbocycles. The monoisotopic (exact) mass is 251 g/mol. The first-order chi connectivity index (χ1) is 8.72. The van der Waals surface area contributed by atoms with Gasteiger partial charge in [-0.2, -0.15) is 0 Å². The molecule has 5 nitrogen and oxygen atoms in total. The third-order valence-electron chi connectivity index (χ3n) is 3.66. The molecule has 1 aromatic heterocycles. The maximum absolute atomic E-state index is 11.9. The van der Waals surface area contributed by atoms with Crippen LogP contribution in [0.25, 0.3) is 0 Å². The van der Waals surface area contributed by atoms with Crippen LogP contribution in [0.1, 0.15) is 32.6 Å². The van der Waals surface area contributed by atoms with E-state index >= 15 is 0 Å². The van der Waals surface area contributed by atoms with Crippen LogP contribution in [0, 0.1) is 5.92 Å². The summed E-state index contributed by atoms with van der Waals surface area (Å²) in [5, 5.41) is 13.0. The number of aromatic nitrogens is 2. The maximum atomic E-state index is 11.9. The van der Waals surface area contributed by atoms with Gasteiger partial charge in [0.2, 0.25) is 0 Å². The zero-order valence-corrected chi connectivity index (χ0v) is 10.8. The van der Waals surface area contributed by atoms with Crippen LogP contribution in [0.3, 0.4) is 0 Å². The van der Waals surface area contributed by atoms with E-state index in [0.717, 1.165) is 25.7 Å². The van der Waals surface area contributed by atoms with E-state index in [1.54, 1.807) is 17.0 Å². The Labute approximate surface area is 107 Å². The number of aliphatic hydroxyl groups is 1. The predicted octanol–water partition coefficient (Wildman–Crippen LogP) is 1.23. The lowest BCUT2D eigenvalue weighted by molar-refractivity contribution is 0.0763. The van der Waals surface area contributed by atoms with Crippen molar-refractivity contribution < 1.29 is 5.11 Å². The molecule has 1 heterocycles. The van der Waals surface area contributed by atoms with Gasteiger partial charge in [-0.25, -0.2) is 4.98 Å². The Kier molecular flexibility index (Phi) is 4.36. The van der Waals surface area contributed by atoms with Gasteiger partial charge in [-0.3, -0.25) is 4.79 Å². The Morgan fingerprint density at radius 2 is 2.28 bits per heavy atom. The standard InChI is InChI=1S/C13H21N3O2/c1-2-16-8-7-14-12(13(16)18)15-9-10-5-3-4-6-11(10)17/h7-8,10-11,17H,2-6,9H2,1H3,(H,14,15). The molecular formula is C13H21N3O2. The van der Waals surface area contributed by atoms with E-state index in [1.807, 2.05) is 6.92 Å². The number of nitrogens with one attached hydrogen (secondary N) is 1. The van der Waals surface area contributed by atoms with E-state index < -0.39 is 0 Å². The first-order valence-electron chi connectivity index (χ1n) is 6.69. The zero-order chi connectivity index (χ0) is 13.0. The first kappa shape index (κ1) is 13.1. The quantitative estimate of drug-likeness (QED) is 0.844. The van der Waals surface area contributed by atoms with Crippen LogP contribution >= 0.6 is 0 Å². The highest BCUT2D eigenvalue weighted by molar-refractivity contribution is 5.30. The van der Waals surface area contributed by atoms with Crippen LogP contribution in [-0.4, -0.2) is 27.3 Å². The molecule has 2 N–H and O–H groups in total. The van der Waals surface area contributed by atoms with Gasteiger partial charge in [0.05, 0.1) is 6.10 Å². The summed E-state index contributed by atoms with van der Waals surface area (Å²) >= 11 is 0. The molecule has 0 radical (unpaired) electrons. The van der Waals surface area contributed by atoms with Gasteiger partial charge in [-0.15, -0.1) is 0 Å². The van der Waals surface area contributed by atoms with Crippen molar-refractivity contribution in [1.29, 1.82) is 0 Å². The van der Waals surface area contributed by atoms with Crippen molar-refractivity contribution in [1.82, 2.24) is 9.55 Å². The van der Waals surface area contributed by atoms with Gasteiger partial charge < -0.3 is 15.0 Å². The number of aliphatic hydroxyl groups excluding tert-OH is 1. The smallest absolute Gasteiger partial charge is 0.293 e. The maximum Gasteiger partial charge on any atom is 0.293 e. The lowest BCUT2D eigenvalue weighted by Gasteiger charge is -2.27. The number of hydrogen-bond acceptors (Lipinski definition) is 4. The van der Waals surface area contributed by atoms with Gasteiger partial charge in [0, 0.05) is 31.4 Å². The van der Waals surface area contributed by atoms with Gasteiger partial charge in [-0.1, -0.05) is 12.8 Å². The molecule has 1 aliphatic rings. The molecule has 0 amide bonds. The number of aryl methyl sites for hydroxylation is 1. The summed E-state index contributed by atoms with van der Waals surface area (Å²) < 4.78 is 1.62. The minimum absolute atomic E-state index is 0.0923. The molecule has 2 unspecified atom stereocenters. The summed E-state index contributed by atoms with van der Waals surface area (Å²) in [6.07, 6.45) is 7.21. The molecule has 1 aromatic rings. The molecule has 5 heteroatoms. The Balaban J connectivity index is 1.99. The van der Waals surface area contributed by atoms with Crippen molar-refractivity contribution in [3.63, 3.8) is 0 Å². The lowest BCUT2D eigenvalue weighted by Crippen LogP contribution is -2.32. The molecule has 100 valence electrons. The Morgan fingerprint density at radius 3 is 3.00 bits per heavy atom. The molecule has 2 rings (SSSR count). The van der Waals surface area contributed by atoms with E-state index in [2.05, 4.69) is 10.3 Å². The summed E-state index contributed by atoms with van der Waals surface area (Å²) in [4.78, 5) is 16.0. The number of anilines is 1. The summed E-state index contributed by atoms with van der Waals surface area (Å²) in [6, 6.07) is 0. The van der Waals surface area contributed by atoms with Crippen molar-refractivity contribution in [2.24, 2.45) is 5.92 Å². The molecular weight excluding hydrogens is 230 g/mol. The molecule has 0 spiro atoms. The fraction of sp³-hybridized carbons (Fsp3) is 0.692. The normalized spacial score (nSPS) is 23.9. The Morgan fingerprint density at radius 1 is 1.50 bits per heavy atom. The average molecular weight is 251 g/mol. The highest BCUT2D eigenvalue weighted by Gasteiger charge is 2.23. The topological polar surface area (TPSA) is 67.2 Å². The fourth-order valence-electron chi connectivity index (χ4n) is 2.47.